The molecule has 0 amide bonds. The zero-order chi connectivity index (χ0) is 17.1. The summed E-state index contributed by atoms with van der Waals surface area (Å²) in [5.41, 5.74) is 5.10. The van der Waals surface area contributed by atoms with Gasteiger partial charge in [-0.05, 0) is 53.2 Å². The third kappa shape index (κ3) is 3.35. The van der Waals surface area contributed by atoms with Gasteiger partial charge in [-0.1, -0.05) is 12.1 Å². The highest BCUT2D eigenvalue weighted by molar-refractivity contribution is 7.08. The first-order valence-corrected chi connectivity index (χ1v) is 8.83. The van der Waals surface area contributed by atoms with Gasteiger partial charge in [0, 0.05) is 30.1 Å². The molecule has 0 spiro atoms. The first kappa shape index (κ1) is 15.7. The molecule has 6 heteroatoms. The fourth-order valence-corrected chi connectivity index (χ4v) is 3.23. The van der Waals surface area contributed by atoms with E-state index < -0.39 is 0 Å². The van der Waals surface area contributed by atoms with Gasteiger partial charge in [-0.15, -0.1) is 10.2 Å². The topological polar surface area (TPSA) is 63.8 Å². The largest absolute Gasteiger partial charge is 0.416 e. The summed E-state index contributed by atoms with van der Waals surface area (Å²) in [5, 5.41) is 15.6. The van der Waals surface area contributed by atoms with Crippen LogP contribution in [-0.4, -0.2) is 22.2 Å². The minimum atomic E-state index is 0.471. The smallest absolute Gasteiger partial charge is 0.249 e. The van der Waals surface area contributed by atoms with E-state index in [4.69, 9.17) is 4.42 Å². The van der Waals surface area contributed by atoms with Crippen molar-refractivity contribution in [3.05, 3.63) is 65.1 Å². The van der Waals surface area contributed by atoms with Gasteiger partial charge in [-0.25, -0.2) is 0 Å². The highest BCUT2D eigenvalue weighted by atomic mass is 32.1. The van der Waals surface area contributed by atoms with E-state index in [9.17, 15) is 0 Å². The standard InChI is InChI=1S/C19H16N4OS/c1-20-9-13-2-4-14(5-3-13)18-22-23-19(24-18)17-8-16(10-21-11-17)15-6-7-25-12-15/h2-8,10-12,20H,9H2,1H3. The van der Waals surface area contributed by atoms with Crippen LogP contribution in [0.5, 0.6) is 0 Å². The molecule has 0 radical (unpaired) electrons. The summed E-state index contributed by atoms with van der Waals surface area (Å²) >= 11 is 1.66. The number of rotatable bonds is 5. The van der Waals surface area contributed by atoms with Crippen LogP contribution in [0.3, 0.4) is 0 Å². The molecule has 4 aromatic rings. The van der Waals surface area contributed by atoms with E-state index >= 15 is 0 Å². The van der Waals surface area contributed by atoms with Crippen molar-refractivity contribution in [2.24, 2.45) is 0 Å². The number of thiophene rings is 1. The van der Waals surface area contributed by atoms with Gasteiger partial charge < -0.3 is 9.73 Å². The summed E-state index contributed by atoms with van der Waals surface area (Å²) < 4.78 is 5.85. The normalized spacial score (nSPS) is 10.9. The number of nitrogens with zero attached hydrogens (tertiary/aromatic N) is 3. The maximum absolute atomic E-state index is 5.85. The second-order valence-electron chi connectivity index (χ2n) is 5.61. The molecule has 0 aliphatic carbocycles. The van der Waals surface area contributed by atoms with Gasteiger partial charge in [0.25, 0.3) is 0 Å². The van der Waals surface area contributed by atoms with Gasteiger partial charge in [0.2, 0.25) is 11.8 Å². The Morgan fingerprint density at radius 3 is 2.40 bits per heavy atom. The van der Waals surface area contributed by atoms with E-state index in [-0.39, 0.29) is 0 Å². The number of benzene rings is 1. The predicted octanol–water partition coefficient (Wildman–Crippen LogP) is 4.25. The van der Waals surface area contributed by atoms with Crippen molar-refractivity contribution in [1.82, 2.24) is 20.5 Å². The van der Waals surface area contributed by atoms with Crippen LogP contribution in [0, 0.1) is 0 Å². The van der Waals surface area contributed by atoms with Crippen molar-refractivity contribution in [3.8, 4) is 34.0 Å². The predicted molar refractivity (Wildman–Crippen MR) is 99.0 cm³/mol. The van der Waals surface area contributed by atoms with E-state index in [1.807, 2.05) is 36.8 Å². The Morgan fingerprint density at radius 1 is 0.920 bits per heavy atom. The first-order valence-electron chi connectivity index (χ1n) is 7.89. The van der Waals surface area contributed by atoms with Crippen LogP contribution in [0.1, 0.15) is 5.56 Å². The number of nitrogens with one attached hydrogen (secondary N) is 1. The van der Waals surface area contributed by atoms with Gasteiger partial charge in [0.15, 0.2) is 0 Å². The second-order valence-corrected chi connectivity index (χ2v) is 6.39. The van der Waals surface area contributed by atoms with E-state index in [0.29, 0.717) is 11.8 Å². The average molecular weight is 348 g/mol. The number of hydrogen-bond donors (Lipinski definition) is 1. The Labute approximate surface area is 149 Å². The SMILES string of the molecule is CNCc1ccc(-c2nnc(-c3cncc(-c4ccsc4)c3)o2)cc1. The number of hydrogen-bond acceptors (Lipinski definition) is 6. The van der Waals surface area contributed by atoms with Gasteiger partial charge >= 0.3 is 0 Å². The lowest BCUT2D eigenvalue weighted by Gasteiger charge is -2.01. The van der Waals surface area contributed by atoms with Crippen LogP contribution in [-0.2, 0) is 6.54 Å². The molecule has 0 fully saturated rings. The lowest BCUT2D eigenvalue weighted by molar-refractivity contribution is 0.584. The minimum absolute atomic E-state index is 0.471. The third-order valence-corrected chi connectivity index (χ3v) is 4.53. The molecule has 0 atom stereocenters. The Kier molecular flexibility index (Phi) is 4.37. The molecule has 0 bridgehead atoms. The first-order chi connectivity index (χ1) is 12.3. The highest BCUT2D eigenvalue weighted by Crippen LogP contribution is 2.28. The minimum Gasteiger partial charge on any atom is -0.416 e. The summed E-state index contributed by atoms with van der Waals surface area (Å²) in [6.45, 7) is 0.830. The van der Waals surface area contributed by atoms with E-state index in [0.717, 1.165) is 28.8 Å². The molecule has 124 valence electrons. The highest BCUT2D eigenvalue weighted by Gasteiger charge is 2.12. The summed E-state index contributed by atoms with van der Waals surface area (Å²) in [6.07, 6.45) is 3.58. The van der Waals surface area contributed by atoms with E-state index in [2.05, 4.69) is 44.1 Å². The van der Waals surface area contributed by atoms with Crippen molar-refractivity contribution in [3.63, 3.8) is 0 Å². The van der Waals surface area contributed by atoms with E-state index in [1.165, 1.54) is 5.56 Å². The van der Waals surface area contributed by atoms with Crippen molar-refractivity contribution >= 4 is 11.3 Å². The second kappa shape index (κ2) is 6.96. The van der Waals surface area contributed by atoms with Gasteiger partial charge in [-0.2, -0.15) is 11.3 Å². The molecule has 0 unspecified atom stereocenters. The molecule has 3 aromatic heterocycles. The maximum atomic E-state index is 5.85. The van der Waals surface area contributed by atoms with E-state index in [1.54, 1.807) is 17.5 Å². The van der Waals surface area contributed by atoms with Crippen LogP contribution >= 0.6 is 11.3 Å². The Hall–Kier alpha value is -2.83. The maximum Gasteiger partial charge on any atom is 0.249 e. The molecular formula is C19H16N4OS. The molecule has 0 aliphatic heterocycles. The van der Waals surface area contributed by atoms with Gasteiger partial charge in [0.1, 0.15) is 0 Å². The van der Waals surface area contributed by atoms with Crippen molar-refractivity contribution in [1.29, 1.82) is 0 Å². The number of pyridine rings is 1. The summed E-state index contributed by atoms with van der Waals surface area (Å²) in [7, 11) is 1.93. The van der Waals surface area contributed by atoms with Crippen LogP contribution in [0.2, 0.25) is 0 Å². The fraction of sp³-hybridized carbons (Fsp3) is 0.105. The Morgan fingerprint density at radius 2 is 1.68 bits per heavy atom. The van der Waals surface area contributed by atoms with Crippen molar-refractivity contribution in [2.75, 3.05) is 7.05 Å². The van der Waals surface area contributed by atoms with Crippen LogP contribution in [0.25, 0.3) is 34.0 Å². The van der Waals surface area contributed by atoms with Crippen LogP contribution in [0.15, 0.2) is 64.0 Å². The zero-order valence-electron chi connectivity index (χ0n) is 13.6. The average Bonchev–Trinajstić information content (AvgIpc) is 3.35. The lowest BCUT2D eigenvalue weighted by atomic mass is 10.1. The summed E-state index contributed by atoms with van der Waals surface area (Å²) in [6, 6.07) is 12.2. The summed E-state index contributed by atoms with van der Waals surface area (Å²) in [4.78, 5) is 4.30. The van der Waals surface area contributed by atoms with Crippen molar-refractivity contribution < 1.29 is 4.42 Å². The van der Waals surface area contributed by atoms with Crippen LogP contribution < -0.4 is 5.32 Å². The molecule has 0 aliphatic rings. The number of aromatic nitrogens is 3. The monoisotopic (exact) mass is 348 g/mol. The lowest BCUT2D eigenvalue weighted by Crippen LogP contribution is -2.04. The molecule has 0 saturated carbocycles. The van der Waals surface area contributed by atoms with Crippen LogP contribution in [0.4, 0.5) is 0 Å². The molecule has 25 heavy (non-hydrogen) atoms. The molecule has 1 aromatic carbocycles. The summed E-state index contributed by atoms with van der Waals surface area (Å²) in [5.74, 6) is 0.978. The van der Waals surface area contributed by atoms with Gasteiger partial charge in [-0.3, -0.25) is 4.98 Å². The molecule has 0 saturated heterocycles. The molecule has 1 N–H and O–H groups in total. The van der Waals surface area contributed by atoms with Crippen molar-refractivity contribution in [2.45, 2.75) is 6.54 Å². The third-order valence-electron chi connectivity index (χ3n) is 3.85. The zero-order valence-corrected chi connectivity index (χ0v) is 14.5. The molecular weight excluding hydrogens is 332 g/mol. The fourth-order valence-electron chi connectivity index (χ4n) is 2.57. The molecule has 3 heterocycles. The molecule has 4 rings (SSSR count). The quantitative estimate of drug-likeness (QED) is 0.584. The van der Waals surface area contributed by atoms with Gasteiger partial charge in [0.05, 0.1) is 5.56 Å². The molecule has 5 nitrogen and oxygen atoms in total. The Balaban J connectivity index is 1.62. The Bertz CT molecular complexity index is 961.